The van der Waals surface area contributed by atoms with E-state index in [4.69, 9.17) is 4.74 Å². The number of amides is 1. The zero-order valence-corrected chi connectivity index (χ0v) is 11.6. The van der Waals surface area contributed by atoms with Crippen LogP contribution in [0.1, 0.15) is 5.56 Å². The Labute approximate surface area is 110 Å². The van der Waals surface area contributed by atoms with E-state index in [1.807, 2.05) is 25.1 Å². The Morgan fingerprint density at radius 2 is 2.24 bits per heavy atom. The van der Waals surface area contributed by atoms with E-state index >= 15 is 0 Å². The van der Waals surface area contributed by atoms with Gasteiger partial charge in [-0.25, -0.2) is 0 Å². The molecule has 0 saturated carbocycles. The van der Waals surface area contributed by atoms with Crippen molar-refractivity contribution >= 4 is 27.5 Å². The van der Waals surface area contributed by atoms with Crippen LogP contribution in [-0.2, 0) is 9.53 Å². The average Bonchev–Trinajstić information content (AvgIpc) is 2.29. The van der Waals surface area contributed by atoms with E-state index in [9.17, 15) is 4.79 Å². The lowest BCUT2D eigenvalue weighted by Crippen LogP contribution is -2.30. The van der Waals surface area contributed by atoms with Crippen molar-refractivity contribution in [2.45, 2.75) is 6.92 Å². The summed E-state index contributed by atoms with van der Waals surface area (Å²) in [5.74, 6) is -0.0534. The number of hydrogen-bond acceptors (Lipinski definition) is 3. The van der Waals surface area contributed by atoms with Gasteiger partial charge in [0, 0.05) is 23.8 Å². The first-order valence-corrected chi connectivity index (χ1v) is 6.18. The van der Waals surface area contributed by atoms with Crippen LogP contribution in [0, 0.1) is 6.92 Å². The van der Waals surface area contributed by atoms with Gasteiger partial charge in [-0.1, -0.05) is 22.0 Å². The maximum Gasteiger partial charge on any atom is 0.238 e. The normalized spacial score (nSPS) is 10.3. The number of carbonyl (C=O) groups is 1. The minimum atomic E-state index is -0.0534. The number of ether oxygens (including phenoxy) is 1. The number of hydrogen-bond donors (Lipinski definition) is 2. The molecule has 1 aromatic rings. The molecule has 0 radical (unpaired) electrons. The largest absolute Gasteiger partial charge is 0.383 e. The fourth-order valence-corrected chi connectivity index (χ4v) is 1.66. The van der Waals surface area contributed by atoms with Crippen LogP contribution in [0.4, 0.5) is 5.69 Å². The van der Waals surface area contributed by atoms with Gasteiger partial charge in [-0.2, -0.15) is 0 Å². The molecule has 0 heterocycles. The van der Waals surface area contributed by atoms with E-state index in [1.54, 1.807) is 7.11 Å². The first kappa shape index (κ1) is 14.2. The van der Waals surface area contributed by atoms with Gasteiger partial charge in [0.25, 0.3) is 0 Å². The third kappa shape index (κ3) is 5.30. The lowest BCUT2D eigenvalue weighted by molar-refractivity contribution is -0.115. The Morgan fingerprint density at radius 1 is 1.47 bits per heavy atom. The van der Waals surface area contributed by atoms with Gasteiger partial charge in [0.1, 0.15) is 0 Å². The van der Waals surface area contributed by atoms with Crippen molar-refractivity contribution in [3.8, 4) is 0 Å². The molecule has 0 bridgehead atoms. The number of nitrogens with one attached hydrogen (secondary N) is 2. The molecule has 0 aliphatic carbocycles. The van der Waals surface area contributed by atoms with Crippen molar-refractivity contribution in [2.24, 2.45) is 0 Å². The first-order chi connectivity index (χ1) is 8.13. The molecular formula is C12H17BrN2O2. The summed E-state index contributed by atoms with van der Waals surface area (Å²) >= 11 is 3.38. The van der Waals surface area contributed by atoms with Crippen LogP contribution in [0.2, 0.25) is 0 Å². The molecule has 0 saturated heterocycles. The summed E-state index contributed by atoms with van der Waals surface area (Å²) < 4.78 is 5.83. The highest BCUT2D eigenvalue weighted by molar-refractivity contribution is 9.10. The van der Waals surface area contributed by atoms with Crippen molar-refractivity contribution in [1.82, 2.24) is 5.32 Å². The molecule has 1 amide bonds. The highest BCUT2D eigenvalue weighted by Gasteiger charge is 2.04. The average molecular weight is 301 g/mol. The Bertz CT molecular complexity index is 383. The number of carbonyl (C=O) groups excluding carboxylic acids is 1. The van der Waals surface area contributed by atoms with Gasteiger partial charge in [-0.05, 0) is 24.6 Å². The van der Waals surface area contributed by atoms with Crippen LogP contribution >= 0.6 is 15.9 Å². The van der Waals surface area contributed by atoms with Gasteiger partial charge >= 0.3 is 0 Å². The predicted molar refractivity (Wildman–Crippen MR) is 72.3 cm³/mol. The summed E-state index contributed by atoms with van der Waals surface area (Å²) in [6, 6.07) is 5.79. The van der Waals surface area contributed by atoms with Crippen LogP contribution < -0.4 is 10.6 Å². The van der Waals surface area contributed by atoms with Gasteiger partial charge < -0.3 is 15.4 Å². The van der Waals surface area contributed by atoms with E-state index in [0.29, 0.717) is 13.2 Å². The maximum atomic E-state index is 11.6. The van der Waals surface area contributed by atoms with Crippen LogP contribution in [0.5, 0.6) is 0 Å². The molecule has 0 unspecified atom stereocenters. The standard InChI is InChI=1S/C12H17BrN2O2/c1-9-3-4-10(13)7-11(9)15-12(16)8-14-5-6-17-2/h3-4,7,14H,5-6,8H2,1-2H3,(H,15,16). The number of benzene rings is 1. The smallest absolute Gasteiger partial charge is 0.238 e. The highest BCUT2D eigenvalue weighted by atomic mass is 79.9. The van der Waals surface area contributed by atoms with Gasteiger partial charge in [0.05, 0.1) is 13.2 Å². The Balaban J connectivity index is 2.42. The zero-order chi connectivity index (χ0) is 12.7. The number of halogens is 1. The summed E-state index contributed by atoms with van der Waals surface area (Å²) in [6.07, 6.45) is 0. The molecular weight excluding hydrogens is 284 g/mol. The van der Waals surface area contributed by atoms with E-state index < -0.39 is 0 Å². The molecule has 0 spiro atoms. The number of aryl methyl sites for hydroxylation is 1. The fourth-order valence-electron chi connectivity index (χ4n) is 1.30. The second-order valence-electron chi connectivity index (χ2n) is 3.68. The molecule has 0 aromatic heterocycles. The molecule has 0 atom stereocenters. The van der Waals surface area contributed by atoms with Gasteiger partial charge in [0.15, 0.2) is 0 Å². The van der Waals surface area contributed by atoms with Gasteiger partial charge in [-0.3, -0.25) is 4.79 Å². The predicted octanol–water partition coefficient (Wildman–Crippen LogP) is 1.93. The number of methoxy groups -OCH3 is 1. The molecule has 1 rings (SSSR count). The van der Waals surface area contributed by atoms with Gasteiger partial charge in [-0.15, -0.1) is 0 Å². The molecule has 0 fully saturated rings. The van der Waals surface area contributed by atoms with Crippen molar-refractivity contribution in [2.75, 3.05) is 32.1 Å². The summed E-state index contributed by atoms with van der Waals surface area (Å²) in [7, 11) is 1.63. The summed E-state index contributed by atoms with van der Waals surface area (Å²) in [5.41, 5.74) is 1.87. The van der Waals surface area contributed by atoms with Crippen LogP contribution in [0.25, 0.3) is 0 Å². The molecule has 94 valence electrons. The van der Waals surface area contributed by atoms with E-state index in [0.717, 1.165) is 15.7 Å². The fraction of sp³-hybridized carbons (Fsp3) is 0.417. The van der Waals surface area contributed by atoms with E-state index in [2.05, 4.69) is 26.6 Å². The maximum absolute atomic E-state index is 11.6. The van der Waals surface area contributed by atoms with Crippen LogP contribution in [-0.4, -0.2) is 32.7 Å². The SMILES string of the molecule is COCCNCC(=O)Nc1cc(Br)ccc1C. The van der Waals surface area contributed by atoms with Crippen molar-refractivity contribution in [1.29, 1.82) is 0 Å². The highest BCUT2D eigenvalue weighted by Crippen LogP contribution is 2.20. The second kappa shape index (κ2) is 7.42. The lowest BCUT2D eigenvalue weighted by atomic mass is 10.2. The summed E-state index contributed by atoms with van der Waals surface area (Å²) in [4.78, 5) is 11.6. The summed E-state index contributed by atoms with van der Waals surface area (Å²) in [5, 5.41) is 5.85. The number of anilines is 1. The topological polar surface area (TPSA) is 50.4 Å². The molecule has 17 heavy (non-hydrogen) atoms. The number of rotatable bonds is 6. The molecule has 2 N–H and O–H groups in total. The molecule has 1 aromatic carbocycles. The Hall–Kier alpha value is -0.910. The van der Waals surface area contributed by atoms with Crippen molar-refractivity contribution in [3.63, 3.8) is 0 Å². The monoisotopic (exact) mass is 300 g/mol. The van der Waals surface area contributed by atoms with Crippen LogP contribution in [0.15, 0.2) is 22.7 Å². The third-order valence-electron chi connectivity index (χ3n) is 2.24. The van der Waals surface area contributed by atoms with Crippen molar-refractivity contribution < 1.29 is 9.53 Å². The molecule has 4 nitrogen and oxygen atoms in total. The Kier molecular flexibility index (Phi) is 6.18. The molecule has 0 aliphatic rings. The van der Waals surface area contributed by atoms with Crippen molar-refractivity contribution in [3.05, 3.63) is 28.2 Å². The van der Waals surface area contributed by atoms with E-state index in [1.165, 1.54) is 0 Å². The van der Waals surface area contributed by atoms with Crippen LogP contribution in [0.3, 0.4) is 0 Å². The lowest BCUT2D eigenvalue weighted by Gasteiger charge is -2.09. The van der Waals surface area contributed by atoms with Gasteiger partial charge in [0.2, 0.25) is 5.91 Å². The first-order valence-electron chi connectivity index (χ1n) is 5.39. The van der Waals surface area contributed by atoms with E-state index in [-0.39, 0.29) is 12.5 Å². The Morgan fingerprint density at radius 3 is 2.94 bits per heavy atom. The summed E-state index contributed by atoms with van der Waals surface area (Å²) in [6.45, 7) is 3.51. The second-order valence-corrected chi connectivity index (χ2v) is 4.59. The quantitative estimate of drug-likeness (QED) is 0.789. The molecule has 5 heteroatoms. The minimum absolute atomic E-state index is 0.0534. The molecule has 0 aliphatic heterocycles. The minimum Gasteiger partial charge on any atom is -0.383 e. The zero-order valence-electron chi connectivity index (χ0n) is 10.0. The third-order valence-corrected chi connectivity index (χ3v) is 2.74.